The number of nitrogens with one attached hydrogen (secondary N) is 1. The van der Waals surface area contributed by atoms with E-state index in [1.54, 1.807) is 13.0 Å². The van der Waals surface area contributed by atoms with Gasteiger partial charge in [-0.05, 0) is 25.1 Å². The number of carbonyl (C=O) groups is 1. The van der Waals surface area contributed by atoms with Crippen molar-refractivity contribution in [3.05, 3.63) is 36.0 Å². The van der Waals surface area contributed by atoms with Crippen LogP contribution in [0.3, 0.4) is 0 Å². The Kier molecular flexibility index (Phi) is 4.82. The van der Waals surface area contributed by atoms with Crippen LogP contribution in [0.4, 0.5) is 0 Å². The van der Waals surface area contributed by atoms with Crippen molar-refractivity contribution >= 4 is 5.97 Å². The highest BCUT2D eigenvalue weighted by Crippen LogP contribution is 2.29. The molecule has 2 heterocycles. The number of methoxy groups -OCH3 is 1. The van der Waals surface area contributed by atoms with Crippen LogP contribution >= 0.6 is 0 Å². The van der Waals surface area contributed by atoms with Gasteiger partial charge in [0.1, 0.15) is 18.0 Å². The highest BCUT2D eigenvalue weighted by Gasteiger charge is 2.27. The molecule has 2 unspecified atom stereocenters. The van der Waals surface area contributed by atoms with Gasteiger partial charge >= 0.3 is 5.97 Å². The van der Waals surface area contributed by atoms with Crippen LogP contribution in [-0.2, 0) is 14.3 Å². The quantitative estimate of drug-likeness (QED) is 0.808. The van der Waals surface area contributed by atoms with Crippen LogP contribution in [0.15, 0.2) is 30.3 Å². The summed E-state index contributed by atoms with van der Waals surface area (Å²) in [4.78, 5) is 11.2. The zero-order valence-electron chi connectivity index (χ0n) is 13.6. The predicted octanol–water partition coefficient (Wildman–Crippen LogP) is 2.26. The SMILES string of the molecule is COC(c1cc(-c2cccc(OC3COC3)c2)[nH]n1)C(C)C(=O)O. The Labute approximate surface area is 139 Å². The number of ether oxygens (including phenoxy) is 3. The number of hydrogen-bond donors (Lipinski definition) is 2. The van der Waals surface area contributed by atoms with Crippen LogP contribution in [-0.4, -0.2) is 47.7 Å². The maximum Gasteiger partial charge on any atom is 0.309 e. The zero-order chi connectivity index (χ0) is 17.1. The number of carboxylic acids is 1. The summed E-state index contributed by atoms with van der Waals surface area (Å²) in [5, 5.41) is 16.3. The molecule has 128 valence electrons. The Balaban J connectivity index is 1.79. The molecule has 7 nitrogen and oxygen atoms in total. The summed E-state index contributed by atoms with van der Waals surface area (Å²) in [6.07, 6.45) is -0.508. The largest absolute Gasteiger partial charge is 0.486 e. The molecule has 7 heteroatoms. The minimum absolute atomic E-state index is 0.104. The van der Waals surface area contributed by atoms with Crippen molar-refractivity contribution < 1.29 is 24.1 Å². The van der Waals surface area contributed by atoms with Crippen LogP contribution in [0.5, 0.6) is 5.75 Å². The van der Waals surface area contributed by atoms with Gasteiger partial charge in [0.2, 0.25) is 0 Å². The van der Waals surface area contributed by atoms with Gasteiger partial charge in [0.15, 0.2) is 0 Å². The Morgan fingerprint density at radius 1 is 1.42 bits per heavy atom. The second kappa shape index (κ2) is 7.02. The summed E-state index contributed by atoms with van der Waals surface area (Å²) in [7, 11) is 1.48. The van der Waals surface area contributed by atoms with Crippen molar-refractivity contribution in [2.45, 2.75) is 19.1 Å². The lowest BCUT2D eigenvalue weighted by Gasteiger charge is -2.26. The zero-order valence-corrected chi connectivity index (χ0v) is 13.6. The highest BCUT2D eigenvalue weighted by atomic mass is 16.6. The lowest BCUT2D eigenvalue weighted by molar-refractivity contribution is -0.146. The minimum Gasteiger partial charge on any atom is -0.486 e. The Morgan fingerprint density at radius 3 is 2.83 bits per heavy atom. The van der Waals surface area contributed by atoms with E-state index < -0.39 is 18.0 Å². The van der Waals surface area contributed by atoms with Crippen LogP contribution in [0.2, 0.25) is 0 Å². The number of nitrogens with zero attached hydrogens (tertiary/aromatic N) is 1. The van der Waals surface area contributed by atoms with E-state index in [0.29, 0.717) is 18.9 Å². The maximum atomic E-state index is 11.2. The van der Waals surface area contributed by atoms with E-state index in [9.17, 15) is 9.90 Å². The van der Waals surface area contributed by atoms with Gasteiger partial charge in [-0.25, -0.2) is 0 Å². The average Bonchev–Trinajstić information content (AvgIpc) is 3.01. The fourth-order valence-corrected chi connectivity index (χ4v) is 2.55. The number of hydrogen-bond acceptors (Lipinski definition) is 5. The third kappa shape index (κ3) is 3.42. The Bertz CT molecular complexity index is 711. The van der Waals surface area contributed by atoms with E-state index in [2.05, 4.69) is 10.2 Å². The second-order valence-corrected chi connectivity index (χ2v) is 5.79. The maximum absolute atomic E-state index is 11.2. The normalized spacial score (nSPS) is 17.1. The van der Waals surface area contributed by atoms with Gasteiger partial charge < -0.3 is 19.3 Å². The van der Waals surface area contributed by atoms with Gasteiger partial charge in [-0.3, -0.25) is 9.89 Å². The molecule has 1 saturated heterocycles. The smallest absolute Gasteiger partial charge is 0.309 e. The van der Waals surface area contributed by atoms with E-state index in [1.807, 2.05) is 24.3 Å². The number of rotatable bonds is 7. The molecule has 2 aromatic rings. The van der Waals surface area contributed by atoms with Gasteiger partial charge in [-0.15, -0.1) is 0 Å². The Hall–Kier alpha value is -2.38. The summed E-state index contributed by atoms with van der Waals surface area (Å²) in [6, 6.07) is 9.45. The topological polar surface area (TPSA) is 93.7 Å². The summed E-state index contributed by atoms with van der Waals surface area (Å²) in [6.45, 7) is 2.82. The number of benzene rings is 1. The lowest BCUT2D eigenvalue weighted by atomic mass is 10.0. The number of carboxylic acid groups (broad SMARTS) is 1. The number of H-pyrrole nitrogens is 1. The predicted molar refractivity (Wildman–Crippen MR) is 85.8 cm³/mol. The van der Waals surface area contributed by atoms with Gasteiger partial charge in [0.25, 0.3) is 0 Å². The molecule has 1 fully saturated rings. The van der Waals surface area contributed by atoms with Crippen molar-refractivity contribution in [2.75, 3.05) is 20.3 Å². The first-order chi connectivity index (χ1) is 11.6. The number of aromatic nitrogens is 2. The van der Waals surface area contributed by atoms with E-state index in [1.165, 1.54) is 7.11 Å². The van der Waals surface area contributed by atoms with Gasteiger partial charge in [-0.1, -0.05) is 12.1 Å². The second-order valence-electron chi connectivity index (χ2n) is 5.79. The molecule has 1 aromatic heterocycles. The van der Waals surface area contributed by atoms with Gasteiger partial charge in [0, 0.05) is 12.7 Å². The summed E-state index contributed by atoms with van der Waals surface area (Å²) in [5.41, 5.74) is 2.24. The van der Waals surface area contributed by atoms with Gasteiger partial charge in [-0.2, -0.15) is 5.10 Å². The van der Waals surface area contributed by atoms with Crippen molar-refractivity contribution in [3.63, 3.8) is 0 Å². The molecule has 1 aliphatic heterocycles. The molecule has 0 aliphatic carbocycles. The van der Waals surface area contributed by atoms with Crippen molar-refractivity contribution in [1.29, 1.82) is 0 Å². The summed E-state index contributed by atoms with van der Waals surface area (Å²) >= 11 is 0. The highest BCUT2D eigenvalue weighted by molar-refractivity contribution is 5.70. The monoisotopic (exact) mass is 332 g/mol. The molecular weight excluding hydrogens is 312 g/mol. The van der Waals surface area contributed by atoms with Gasteiger partial charge in [0.05, 0.1) is 30.5 Å². The van der Waals surface area contributed by atoms with E-state index >= 15 is 0 Å². The molecule has 3 rings (SSSR count). The summed E-state index contributed by atoms with van der Waals surface area (Å²) in [5.74, 6) is -0.858. The molecule has 0 amide bonds. The number of aliphatic carboxylic acids is 1. The molecular formula is C17H20N2O5. The number of aromatic amines is 1. The van der Waals surface area contributed by atoms with Crippen LogP contribution in [0.1, 0.15) is 18.7 Å². The van der Waals surface area contributed by atoms with E-state index in [-0.39, 0.29) is 6.10 Å². The molecule has 24 heavy (non-hydrogen) atoms. The Morgan fingerprint density at radius 2 is 2.21 bits per heavy atom. The first-order valence-corrected chi connectivity index (χ1v) is 7.74. The third-order valence-corrected chi connectivity index (χ3v) is 4.04. The molecule has 2 N–H and O–H groups in total. The fraction of sp³-hybridized carbons (Fsp3) is 0.412. The molecule has 2 atom stereocenters. The minimum atomic E-state index is -0.926. The molecule has 0 saturated carbocycles. The third-order valence-electron chi connectivity index (χ3n) is 4.04. The van der Waals surface area contributed by atoms with Crippen molar-refractivity contribution in [2.24, 2.45) is 5.92 Å². The van der Waals surface area contributed by atoms with Crippen molar-refractivity contribution in [1.82, 2.24) is 10.2 Å². The lowest BCUT2D eigenvalue weighted by Crippen LogP contribution is -2.38. The molecule has 0 spiro atoms. The van der Waals surface area contributed by atoms with Crippen LogP contribution in [0.25, 0.3) is 11.3 Å². The van der Waals surface area contributed by atoms with Crippen LogP contribution < -0.4 is 4.74 Å². The molecule has 0 radical (unpaired) electrons. The molecule has 1 aromatic carbocycles. The fourth-order valence-electron chi connectivity index (χ4n) is 2.55. The summed E-state index contributed by atoms with van der Waals surface area (Å²) < 4.78 is 16.2. The van der Waals surface area contributed by atoms with E-state index in [4.69, 9.17) is 14.2 Å². The van der Waals surface area contributed by atoms with Crippen LogP contribution in [0, 0.1) is 5.92 Å². The molecule has 1 aliphatic rings. The average molecular weight is 332 g/mol. The first-order valence-electron chi connectivity index (χ1n) is 7.74. The standard InChI is InChI=1S/C17H20N2O5/c1-10(17(20)21)16(22-2)15-7-14(18-19-15)11-4-3-5-12(6-11)24-13-8-23-9-13/h3-7,10,13,16H,8-9H2,1-2H3,(H,18,19)(H,20,21). The molecule has 0 bridgehead atoms. The first kappa shape index (κ1) is 16.5. The van der Waals surface area contributed by atoms with E-state index in [0.717, 1.165) is 17.0 Å². The van der Waals surface area contributed by atoms with Crippen molar-refractivity contribution in [3.8, 4) is 17.0 Å².